The largest absolute Gasteiger partial charge is 0.691 e. The monoisotopic (exact) mass is 269 g/mol. The standard InChI is InChI=1S/C5H6F4O6S/c6-4(5(7,8)9,16-15-14-12)3(11)13-2-1-10/h10,12H,1-2H2/p-1. The highest BCUT2D eigenvalue weighted by atomic mass is 32.2. The van der Waals surface area contributed by atoms with E-state index >= 15 is 0 Å². The molecule has 0 saturated carbocycles. The van der Waals surface area contributed by atoms with Crippen LogP contribution in [-0.4, -0.2) is 35.5 Å². The first-order valence-electron chi connectivity index (χ1n) is 3.47. The zero-order chi connectivity index (χ0) is 12.8. The van der Waals surface area contributed by atoms with E-state index in [1.807, 2.05) is 0 Å². The lowest BCUT2D eigenvalue weighted by Gasteiger charge is -2.23. The molecule has 0 rings (SSSR count). The van der Waals surface area contributed by atoms with Gasteiger partial charge in [0.05, 0.1) is 18.6 Å². The van der Waals surface area contributed by atoms with Crippen molar-refractivity contribution < 1.29 is 46.8 Å². The Hall–Kier alpha value is -0.620. The lowest BCUT2D eigenvalue weighted by Crippen LogP contribution is -2.46. The predicted octanol–water partition coefficient (Wildman–Crippen LogP) is -0.378. The molecule has 0 heterocycles. The Morgan fingerprint density at radius 2 is 1.94 bits per heavy atom. The molecule has 0 radical (unpaired) electrons. The zero-order valence-corrected chi connectivity index (χ0v) is 8.14. The van der Waals surface area contributed by atoms with Gasteiger partial charge in [0.1, 0.15) is 6.61 Å². The van der Waals surface area contributed by atoms with Gasteiger partial charge >= 0.3 is 17.1 Å². The van der Waals surface area contributed by atoms with Gasteiger partial charge in [0.15, 0.2) is 0 Å². The first-order chi connectivity index (χ1) is 7.29. The van der Waals surface area contributed by atoms with Crippen molar-refractivity contribution in [3.05, 3.63) is 0 Å². The number of halogens is 4. The van der Waals surface area contributed by atoms with E-state index in [0.29, 0.717) is 0 Å². The summed E-state index contributed by atoms with van der Waals surface area (Å²) in [6.45, 7) is -1.62. The third-order valence-electron chi connectivity index (χ3n) is 1.13. The summed E-state index contributed by atoms with van der Waals surface area (Å²) in [5.74, 6) is -2.36. The molecule has 1 unspecified atom stereocenters. The summed E-state index contributed by atoms with van der Waals surface area (Å²) in [4.78, 5) is 10.7. The van der Waals surface area contributed by atoms with Gasteiger partial charge < -0.3 is 15.1 Å². The van der Waals surface area contributed by atoms with Gasteiger partial charge in [0, 0.05) is 0 Å². The van der Waals surface area contributed by atoms with Crippen LogP contribution >= 0.6 is 12.0 Å². The summed E-state index contributed by atoms with van der Waals surface area (Å²) >= 11 is -1.19. The highest BCUT2D eigenvalue weighted by Gasteiger charge is 2.65. The van der Waals surface area contributed by atoms with Crippen molar-refractivity contribution in [2.24, 2.45) is 0 Å². The van der Waals surface area contributed by atoms with E-state index in [4.69, 9.17) is 5.11 Å². The minimum absolute atomic E-state index is 0.788. The van der Waals surface area contributed by atoms with E-state index in [0.717, 1.165) is 0 Å². The molecule has 0 amide bonds. The average molecular weight is 269 g/mol. The molecule has 0 aromatic carbocycles. The molecular formula is C5H5F4O6S-. The summed E-state index contributed by atoms with van der Waals surface area (Å²) in [5.41, 5.74) is 0. The molecule has 1 N–H and O–H groups in total. The van der Waals surface area contributed by atoms with Crippen molar-refractivity contribution in [2.45, 2.75) is 11.2 Å². The van der Waals surface area contributed by atoms with Crippen molar-refractivity contribution in [1.29, 1.82) is 0 Å². The number of hydrogen-bond acceptors (Lipinski definition) is 7. The number of rotatable bonds is 6. The van der Waals surface area contributed by atoms with E-state index in [1.165, 1.54) is 0 Å². The van der Waals surface area contributed by atoms with Crippen LogP contribution in [0, 0.1) is 0 Å². The Morgan fingerprint density at radius 1 is 1.38 bits per heavy atom. The van der Waals surface area contributed by atoms with Crippen LogP contribution in [0.3, 0.4) is 0 Å². The second-order valence-corrected chi connectivity index (χ2v) is 3.04. The van der Waals surface area contributed by atoms with Gasteiger partial charge in [-0.15, -0.1) is 0 Å². The normalized spacial score (nSPS) is 15.6. The fourth-order valence-corrected chi connectivity index (χ4v) is 0.832. The van der Waals surface area contributed by atoms with E-state index in [-0.39, 0.29) is 0 Å². The van der Waals surface area contributed by atoms with Crippen molar-refractivity contribution in [3.8, 4) is 0 Å². The van der Waals surface area contributed by atoms with E-state index < -0.39 is 42.4 Å². The van der Waals surface area contributed by atoms with Crippen LogP contribution in [0.1, 0.15) is 0 Å². The van der Waals surface area contributed by atoms with Crippen LogP contribution in [0.2, 0.25) is 0 Å². The summed E-state index contributed by atoms with van der Waals surface area (Å²) in [7, 11) is 0. The average Bonchev–Trinajstić information content (AvgIpc) is 2.20. The van der Waals surface area contributed by atoms with Gasteiger partial charge in [0.2, 0.25) is 0 Å². The van der Waals surface area contributed by atoms with Gasteiger partial charge in [-0.1, -0.05) is 0 Å². The minimum Gasteiger partial charge on any atom is -0.691 e. The molecular weight excluding hydrogens is 264 g/mol. The van der Waals surface area contributed by atoms with Gasteiger partial charge in [-0.25, -0.2) is 9.18 Å². The van der Waals surface area contributed by atoms with E-state index in [1.54, 1.807) is 0 Å². The minimum atomic E-state index is -5.68. The summed E-state index contributed by atoms with van der Waals surface area (Å²) in [5, 5.41) is 15.3. The number of hydrogen-bond donors (Lipinski definition) is 1. The molecule has 96 valence electrons. The summed E-state index contributed by atoms with van der Waals surface area (Å²) in [6.07, 6.45) is -5.68. The number of alkyl halides is 4. The molecule has 6 nitrogen and oxygen atoms in total. The fourth-order valence-electron chi connectivity index (χ4n) is 0.489. The topological polar surface area (TPSA) is 88.1 Å². The second kappa shape index (κ2) is 6.20. The SMILES string of the molecule is O=C(OCCO)C(F)(SOO[O-])C(F)(F)F. The van der Waals surface area contributed by atoms with Gasteiger partial charge in [-0.3, -0.25) is 5.04 Å². The van der Waals surface area contributed by atoms with Crippen LogP contribution < -0.4 is 5.26 Å². The highest BCUT2D eigenvalue weighted by molar-refractivity contribution is 7.96. The lowest BCUT2D eigenvalue weighted by atomic mass is 10.4. The highest BCUT2D eigenvalue weighted by Crippen LogP contribution is 2.44. The Labute approximate surface area is 90.1 Å². The maximum Gasteiger partial charge on any atom is 0.446 e. The molecule has 11 heteroatoms. The molecule has 16 heavy (non-hydrogen) atoms. The fraction of sp³-hybridized carbons (Fsp3) is 0.800. The third-order valence-corrected chi connectivity index (χ3v) is 1.88. The van der Waals surface area contributed by atoms with Gasteiger partial charge in [-0.2, -0.15) is 17.5 Å². The number of aliphatic hydroxyl groups is 1. The molecule has 0 fully saturated rings. The van der Waals surface area contributed by atoms with Crippen molar-refractivity contribution >= 4 is 18.0 Å². The number of carbonyl (C=O) groups excluding carboxylic acids is 1. The molecule has 0 spiro atoms. The van der Waals surface area contributed by atoms with Crippen LogP contribution in [0.25, 0.3) is 0 Å². The van der Waals surface area contributed by atoms with Gasteiger partial charge in [-0.05, 0) is 0 Å². The van der Waals surface area contributed by atoms with Crippen LogP contribution in [0.5, 0.6) is 0 Å². The predicted molar refractivity (Wildman–Crippen MR) is 37.7 cm³/mol. The van der Waals surface area contributed by atoms with E-state index in [9.17, 15) is 27.6 Å². The second-order valence-electron chi connectivity index (χ2n) is 2.17. The van der Waals surface area contributed by atoms with Crippen LogP contribution in [0.15, 0.2) is 0 Å². The van der Waals surface area contributed by atoms with Crippen LogP contribution in [-0.2, 0) is 18.9 Å². The number of aliphatic hydroxyl groups excluding tert-OH is 1. The summed E-state index contributed by atoms with van der Waals surface area (Å²) in [6, 6.07) is 0. The third kappa shape index (κ3) is 3.75. The lowest BCUT2D eigenvalue weighted by molar-refractivity contribution is -0.777. The first kappa shape index (κ1) is 15.4. The van der Waals surface area contributed by atoms with Crippen LogP contribution in [0.4, 0.5) is 17.6 Å². The maximum absolute atomic E-state index is 13.1. The van der Waals surface area contributed by atoms with Crippen molar-refractivity contribution in [3.63, 3.8) is 0 Å². The molecule has 0 saturated heterocycles. The Balaban J connectivity index is 4.71. The van der Waals surface area contributed by atoms with Gasteiger partial charge in [0.25, 0.3) is 0 Å². The molecule has 0 aliphatic carbocycles. The Bertz CT molecular complexity index is 235. The Morgan fingerprint density at radius 3 is 2.31 bits per heavy atom. The molecule has 0 aliphatic rings. The maximum atomic E-state index is 13.1. The molecule has 0 aliphatic heterocycles. The zero-order valence-electron chi connectivity index (χ0n) is 7.32. The molecule has 0 aromatic rings. The molecule has 0 bridgehead atoms. The number of esters is 1. The number of carbonyl (C=O) groups is 1. The smallest absolute Gasteiger partial charge is 0.446 e. The van der Waals surface area contributed by atoms with Crippen molar-refractivity contribution in [1.82, 2.24) is 0 Å². The van der Waals surface area contributed by atoms with Crippen molar-refractivity contribution in [2.75, 3.05) is 13.2 Å². The molecule has 0 aromatic heterocycles. The quantitative estimate of drug-likeness (QED) is 0.231. The first-order valence-corrected chi connectivity index (χ1v) is 4.21. The number of ether oxygens (including phenoxy) is 1. The summed E-state index contributed by atoms with van der Waals surface area (Å²) < 4.78 is 56.3. The molecule has 1 atom stereocenters. The Kier molecular flexibility index (Phi) is 5.96. The van der Waals surface area contributed by atoms with E-state index in [2.05, 4.69) is 14.1 Å².